The molecule has 26 heavy (non-hydrogen) atoms. The first kappa shape index (κ1) is 17.6. The molecule has 0 aliphatic carbocycles. The molecule has 1 aliphatic rings. The van der Waals surface area contributed by atoms with Crippen LogP contribution in [-0.2, 0) is 9.59 Å². The zero-order chi connectivity index (χ0) is 19.0. The van der Waals surface area contributed by atoms with Crippen LogP contribution in [0.5, 0.6) is 5.75 Å². The first-order valence-electron chi connectivity index (χ1n) is 7.36. The van der Waals surface area contributed by atoms with Gasteiger partial charge in [0.1, 0.15) is 5.57 Å². The van der Waals surface area contributed by atoms with Gasteiger partial charge in [-0.05, 0) is 42.8 Å². The second-order valence-corrected chi connectivity index (χ2v) is 6.47. The number of hydrogen-bond acceptors (Lipinski definition) is 5. The topological polar surface area (TPSA) is 116 Å². The molecule has 9 heteroatoms. The minimum atomic E-state index is -0.693. The summed E-state index contributed by atoms with van der Waals surface area (Å²) in [5.41, 5.74) is 2.35. The number of hydrogen-bond donors (Lipinski definition) is 1. The highest BCUT2D eigenvalue weighted by atomic mass is 79.9. The fourth-order valence-corrected chi connectivity index (χ4v) is 2.74. The monoisotopic (exact) mass is 416 g/mol. The van der Waals surface area contributed by atoms with Gasteiger partial charge in [0.15, 0.2) is 0 Å². The molecule has 3 rings (SSSR count). The van der Waals surface area contributed by atoms with Gasteiger partial charge in [0, 0.05) is 16.6 Å². The molecule has 0 saturated carbocycles. The fraction of sp³-hybridized carbons (Fsp3) is 0.0588. The average molecular weight is 417 g/mol. The van der Waals surface area contributed by atoms with Gasteiger partial charge in [-0.2, -0.15) is 0 Å². The molecule has 0 unspecified atom stereocenters. The number of aryl methyl sites for hydroxylation is 1. The zero-order valence-electron chi connectivity index (χ0n) is 13.4. The summed E-state index contributed by atoms with van der Waals surface area (Å²) in [7, 11) is 0. The molecule has 0 radical (unpaired) electrons. The molecule has 1 aliphatic heterocycles. The number of nitro groups is 1. The van der Waals surface area contributed by atoms with Gasteiger partial charge in [-0.1, -0.05) is 27.2 Å². The standard InChI is InChI=1S/C17H12BrN3O5/c1-9-6-13(21(25)26)7-10(15(9)22)8-14-16(23)19-20(17(14)24)12-4-2-11(18)3-5-12/h2-8,22H,1H3,(H,19,23)/p-1/b14-8-. The number of benzene rings is 2. The Morgan fingerprint density at radius 1 is 1.19 bits per heavy atom. The number of halogens is 1. The van der Waals surface area contributed by atoms with Crippen LogP contribution in [0.2, 0.25) is 0 Å². The maximum absolute atomic E-state index is 12.5. The third-order valence-electron chi connectivity index (χ3n) is 3.78. The van der Waals surface area contributed by atoms with Gasteiger partial charge < -0.3 is 5.11 Å². The maximum atomic E-state index is 12.5. The molecule has 0 bridgehead atoms. The van der Waals surface area contributed by atoms with Crippen LogP contribution in [0.4, 0.5) is 11.4 Å². The number of non-ortho nitro benzene ring substituents is 1. The predicted molar refractivity (Wildman–Crippen MR) is 95.0 cm³/mol. The summed E-state index contributed by atoms with van der Waals surface area (Å²) in [5, 5.41) is 24.2. The molecule has 1 saturated heterocycles. The van der Waals surface area contributed by atoms with Crippen molar-refractivity contribution < 1.29 is 19.6 Å². The van der Waals surface area contributed by atoms with Crippen LogP contribution >= 0.6 is 15.9 Å². The second kappa shape index (κ2) is 6.60. The quantitative estimate of drug-likeness (QED) is 0.356. The average Bonchev–Trinajstić information content (AvgIpc) is 2.87. The first-order valence-corrected chi connectivity index (χ1v) is 8.16. The van der Waals surface area contributed by atoms with E-state index in [9.17, 15) is 24.8 Å². The van der Waals surface area contributed by atoms with E-state index in [1.54, 1.807) is 24.3 Å². The van der Waals surface area contributed by atoms with Crippen molar-refractivity contribution >= 4 is 45.2 Å². The van der Waals surface area contributed by atoms with Gasteiger partial charge in [-0.15, -0.1) is 0 Å². The Kier molecular flexibility index (Phi) is 4.47. The highest BCUT2D eigenvalue weighted by molar-refractivity contribution is 9.10. The van der Waals surface area contributed by atoms with E-state index in [0.29, 0.717) is 5.69 Å². The smallest absolute Gasteiger partial charge is 0.282 e. The summed E-state index contributed by atoms with van der Waals surface area (Å²) in [6, 6.07) is 8.86. The minimum absolute atomic E-state index is 0.0899. The lowest BCUT2D eigenvalue weighted by molar-refractivity contribution is -0.385. The van der Waals surface area contributed by atoms with E-state index in [1.807, 2.05) is 0 Å². The number of rotatable bonds is 3. The molecule has 1 heterocycles. The van der Waals surface area contributed by atoms with Gasteiger partial charge >= 0.3 is 0 Å². The third-order valence-corrected chi connectivity index (χ3v) is 4.30. The van der Waals surface area contributed by atoms with Crippen LogP contribution in [0.25, 0.3) is 6.08 Å². The van der Waals surface area contributed by atoms with Crippen LogP contribution < -0.4 is 15.5 Å². The van der Waals surface area contributed by atoms with E-state index >= 15 is 0 Å². The largest absolute Gasteiger partial charge is 0.872 e. The summed E-state index contributed by atoms with van der Waals surface area (Å²) in [4.78, 5) is 35.0. The lowest BCUT2D eigenvalue weighted by atomic mass is 10.0. The molecule has 2 aromatic carbocycles. The molecule has 2 aromatic rings. The van der Waals surface area contributed by atoms with Gasteiger partial charge in [-0.25, -0.2) is 5.01 Å². The lowest BCUT2D eigenvalue weighted by Gasteiger charge is -2.15. The molecule has 0 spiro atoms. The van der Waals surface area contributed by atoms with E-state index in [1.165, 1.54) is 6.92 Å². The SMILES string of the molecule is Cc1cc([N+](=O)[O-])cc(/C=C2/C(=O)NN(c3ccc(Br)cc3)C2=O)c1[O-]. The number of carbonyl (C=O) groups is 2. The van der Waals surface area contributed by atoms with Crippen molar-refractivity contribution in [3.05, 3.63) is 67.7 Å². The van der Waals surface area contributed by atoms with Gasteiger partial charge in [0.2, 0.25) is 0 Å². The molecular formula is C17H11BrN3O5-. The number of nitrogens with one attached hydrogen (secondary N) is 1. The first-order chi connectivity index (χ1) is 12.3. The maximum Gasteiger partial charge on any atom is 0.282 e. The van der Waals surface area contributed by atoms with Gasteiger partial charge in [-0.3, -0.25) is 25.1 Å². The number of amides is 2. The van der Waals surface area contributed by atoms with E-state index in [2.05, 4.69) is 21.4 Å². The number of anilines is 1. The van der Waals surface area contributed by atoms with Crippen molar-refractivity contribution in [3.8, 4) is 5.75 Å². The number of hydrazine groups is 1. The molecule has 1 N–H and O–H groups in total. The van der Waals surface area contributed by atoms with Crippen LogP contribution in [0.3, 0.4) is 0 Å². The Labute approximate surface area is 156 Å². The minimum Gasteiger partial charge on any atom is -0.872 e. The van der Waals surface area contributed by atoms with E-state index in [-0.39, 0.29) is 22.4 Å². The van der Waals surface area contributed by atoms with Crippen molar-refractivity contribution in [1.82, 2.24) is 5.43 Å². The van der Waals surface area contributed by atoms with Crippen molar-refractivity contribution in [3.63, 3.8) is 0 Å². The zero-order valence-corrected chi connectivity index (χ0v) is 14.9. The summed E-state index contributed by atoms with van der Waals surface area (Å²) in [6.45, 7) is 1.43. The molecule has 0 atom stereocenters. The molecule has 8 nitrogen and oxygen atoms in total. The summed E-state index contributed by atoms with van der Waals surface area (Å²) >= 11 is 3.28. The molecule has 1 fully saturated rings. The van der Waals surface area contributed by atoms with Crippen LogP contribution in [-0.4, -0.2) is 16.7 Å². The normalized spacial score (nSPS) is 15.5. The predicted octanol–water partition coefficient (Wildman–Crippen LogP) is 2.20. The van der Waals surface area contributed by atoms with Crippen LogP contribution in [0.1, 0.15) is 11.1 Å². The Hall–Kier alpha value is -3.20. The summed E-state index contributed by atoms with van der Waals surface area (Å²) < 4.78 is 0.804. The van der Waals surface area contributed by atoms with Gasteiger partial charge in [0.25, 0.3) is 17.5 Å². The van der Waals surface area contributed by atoms with Crippen molar-refractivity contribution in [2.24, 2.45) is 0 Å². The molecular weight excluding hydrogens is 406 g/mol. The summed E-state index contributed by atoms with van der Waals surface area (Å²) in [5.74, 6) is -1.83. The Morgan fingerprint density at radius 3 is 2.46 bits per heavy atom. The Bertz CT molecular complexity index is 969. The van der Waals surface area contributed by atoms with Crippen molar-refractivity contribution in [1.29, 1.82) is 0 Å². The van der Waals surface area contributed by atoms with E-state index < -0.39 is 22.5 Å². The number of nitro benzene ring substituents is 1. The molecule has 2 amide bonds. The highest BCUT2D eigenvalue weighted by Crippen LogP contribution is 2.29. The van der Waals surface area contributed by atoms with Crippen LogP contribution in [0, 0.1) is 17.0 Å². The Balaban J connectivity index is 2.02. The fourth-order valence-electron chi connectivity index (χ4n) is 2.48. The molecule has 132 valence electrons. The second-order valence-electron chi connectivity index (χ2n) is 5.55. The number of nitrogens with zero attached hydrogens (tertiary/aromatic N) is 2. The third kappa shape index (κ3) is 3.16. The highest BCUT2D eigenvalue weighted by Gasteiger charge is 2.34. The van der Waals surface area contributed by atoms with Crippen LogP contribution in [0.15, 0.2) is 46.4 Å². The summed E-state index contributed by atoms with van der Waals surface area (Å²) in [6.07, 6.45) is 1.08. The lowest BCUT2D eigenvalue weighted by Crippen LogP contribution is -2.35. The molecule has 0 aromatic heterocycles. The van der Waals surface area contributed by atoms with E-state index in [4.69, 9.17) is 0 Å². The van der Waals surface area contributed by atoms with Crippen molar-refractivity contribution in [2.75, 3.05) is 5.01 Å². The number of carbonyl (C=O) groups excluding carboxylic acids is 2. The Morgan fingerprint density at radius 2 is 1.85 bits per heavy atom. The van der Waals surface area contributed by atoms with Crippen molar-refractivity contribution in [2.45, 2.75) is 6.92 Å². The van der Waals surface area contributed by atoms with Gasteiger partial charge in [0.05, 0.1) is 10.6 Å². The van der Waals surface area contributed by atoms with E-state index in [0.717, 1.165) is 27.7 Å².